The molecule has 5 saturated carbocycles. The maximum absolute atomic E-state index is 13.3. The van der Waals surface area contributed by atoms with Crippen molar-refractivity contribution in [3.05, 3.63) is 0 Å². The van der Waals surface area contributed by atoms with Crippen LogP contribution in [0.5, 0.6) is 0 Å². The predicted octanol–water partition coefficient (Wildman–Crippen LogP) is 9.28. The number of aliphatic hydroxyl groups is 2. The first kappa shape index (κ1) is 33.7. The van der Waals surface area contributed by atoms with Gasteiger partial charge in [0.05, 0.1) is 5.92 Å². The Morgan fingerprint density at radius 1 is 0.694 bits per heavy atom. The molecule has 36 heavy (non-hydrogen) atoms. The van der Waals surface area contributed by atoms with E-state index in [1.165, 1.54) is 64.2 Å². The minimum Gasteiger partial charge on any atom is -0.400 e. The fourth-order valence-electron chi connectivity index (χ4n) is 8.79. The maximum Gasteiger partial charge on any atom is 0.391 e. The molecule has 2 nitrogen and oxygen atoms in total. The first-order valence-electron chi connectivity index (χ1n) is 15.3. The molecule has 8 unspecified atom stereocenters. The molecular formula is C31H59F3O2. The van der Waals surface area contributed by atoms with Gasteiger partial charge in [-0.3, -0.25) is 0 Å². The summed E-state index contributed by atoms with van der Waals surface area (Å²) in [5.41, 5.74) is 0.542. The highest BCUT2D eigenvalue weighted by Gasteiger charge is 2.57. The highest BCUT2D eigenvalue weighted by atomic mass is 19.4. The van der Waals surface area contributed by atoms with Crippen LogP contribution in [-0.4, -0.2) is 30.6 Å². The van der Waals surface area contributed by atoms with Crippen molar-refractivity contribution in [2.75, 3.05) is 14.2 Å². The van der Waals surface area contributed by atoms with Gasteiger partial charge in [-0.25, -0.2) is 0 Å². The van der Waals surface area contributed by atoms with Crippen LogP contribution in [0, 0.1) is 52.8 Å². The normalized spacial score (nSPS) is 38.5. The van der Waals surface area contributed by atoms with Gasteiger partial charge in [0.1, 0.15) is 0 Å². The van der Waals surface area contributed by atoms with Gasteiger partial charge in [-0.15, -0.1) is 0 Å². The molecule has 0 aromatic heterocycles. The Bertz CT molecular complexity index is 577. The lowest BCUT2D eigenvalue weighted by molar-refractivity contribution is -0.196. The molecule has 0 amide bonds. The highest BCUT2D eigenvalue weighted by molar-refractivity contribution is 5.06. The second-order valence-corrected chi connectivity index (χ2v) is 11.7. The summed E-state index contributed by atoms with van der Waals surface area (Å²) in [6, 6.07) is 0. The molecule has 8 atom stereocenters. The van der Waals surface area contributed by atoms with Gasteiger partial charge >= 0.3 is 6.18 Å². The summed E-state index contributed by atoms with van der Waals surface area (Å²) in [5, 5.41) is 14.0. The fourth-order valence-corrected chi connectivity index (χ4v) is 8.79. The molecule has 0 aliphatic heterocycles. The summed E-state index contributed by atoms with van der Waals surface area (Å²) in [6.07, 6.45) is 12.9. The molecule has 0 heterocycles. The molecule has 5 rings (SSSR count). The van der Waals surface area contributed by atoms with Crippen LogP contribution in [0.2, 0.25) is 0 Å². The molecule has 0 aromatic carbocycles. The van der Waals surface area contributed by atoms with Gasteiger partial charge in [0.2, 0.25) is 0 Å². The summed E-state index contributed by atoms with van der Waals surface area (Å²) in [5.74, 6) is 4.39. The van der Waals surface area contributed by atoms with Crippen molar-refractivity contribution in [1.29, 1.82) is 0 Å². The van der Waals surface area contributed by atoms with E-state index in [-0.39, 0.29) is 0 Å². The quantitative estimate of drug-likeness (QED) is 0.388. The average molecular weight is 521 g/mol. The van der Waals surface area contributed by atoms with E-state index in [0.29, 0.717) is 30.1 Å². The van der Waals surface area contributed by atoms with Gasteiger partial charge in [-0.1, -0.05) is 60.3 Å². The molecule has 5 fully saturated rings. The number of halogens is 3. The zero-order chi connectivity index (χ0) is 27.5. The Kier molecular flexibility index (Phi) is 15.0. The number of hydrogen-bond donors (Lipinski definition) is 2. The molecule has 0 aromatic rings. The van der Waals surface area contributed by atoms with Crippen LogP contribution < -0.4 is 0 Å². The number of rotatable bonds is 4. The Labute approximate surface area is 221 Å². The summed E-state index contributed by atoms with van der Waals surface area (Å²) >= 11 is 0. The van der Waals surface area contributed by atoms with E-state index < -0.39 is 12.1 Å². The highest BCUT2D eigenvalue weighted by Crippen LogP contribution is 2.65. The van der Waals surface area contributed by atoms with E-state index in [9.17, 15) is 13.2 Å². The molecule has 5 aliphatic carbocycles. The van der Waals surface area contributed by atoms with Gasteiger partial charge in [-0.2, -0.15) is 13.2 Å². The first-order valence-corrected chi connectivity index (χ1v) is 15.3. The monoisotopic (exact) mass is 520 g/mol. The second-order valence-electron chi connectivity index (χ2n) is 11.7. The van der Waals surface area contributed by atoms with E-state index in [0.717, 1.165) is 56.7 Å². The third kappa shape index (κ3) is 7.87. The van der Waals surface area contributed by atoms with Crippen molar-refractivity contribution in [2.45, 2.75) is 131 Å². The van der Waals surface area contributed by atoms with Gasteiger partial charge in [0, 0.05) is 14.2 Å². The lowest BCUT2D eigenvalue weighted by atomic mass is 9.49. The Balaban J connectivity index is 0.000000741. The van der Waals surface area contributed by atoms with E-state index in [4.69, 9.17) is 10.2 Å². The van der Waals surface area contributed by atoms with Crippen molar-refractivity contribution >= 4 is 0 Å². The molecule has 0 spiro atoms. The van der Waals surface area contributed by atoms with Crippen molar-refractivity contribution in [1.82, 2.24) is 0 Å². The lowest BCUT2D eigenvalue weighted by Gasteiger charge is -2.56. The van der Waals surface area contributed by atoms with Crippen LogP contribution in [0.25, 0.3) is 0 Å². The fraction of sp³-hybridized carbons (Fsp3) is 1.00. The SMILES string of the molecule is CC.CC.CC12CCC3C4CCC(C(F)(F)F)CC4CCC3C1CCC2CCCC1CC1.CO.CO. The van der Waals surface area contributed by atoms with Crippen molar-refractivity contribution < 1.29 is 23.4 Å². The van der Waals surface area contributed by atoms with Crippen molar-refractivity contribution in [2.24, 2.45) is 52.8 Å². The van der Waals surface area contributed by atoms with E-state index in [1.807, 2.05) is 27.7 Å². The molecule has 216 valence electrons. The van der Waals surface area contributed by atoms with Gasteiger partial charge in [-0.05, 0) is 111 Å². The number of alkyl halides is 3. The molecule has 0 radical (unpaired) electrons. The molecule has 0 bridgehead atoms. The lowest BCUT2D eigenvalue weighted by Crippen LogP contribution is -2.49. The van der Waals surface area contributed by atoms with Gasteiger partial charge in [0.25, 0.3) is 0 Å². The largest absolute Gasteiger partial charge is 0.400 e. The Morgan fingerprint density at radius 3 is 1.89 bits per heavy atom. The standard InChI is InChI=1S/C25H39F3.2C2H6.2CH4O/c1-24-14-13-21-20-11-8-19(25(26,27)28)15-17(20)7-10-22(21)23(24)12-9-18(24)4-2-3-16-5-6-16;4*1-2/h16-23H,2-15H2,1H3;2*1-2H3;2*2H,1H3. The van der Waals surface area contributed by atoms with Crippen LogP contribution in [0.1, 0.15) is 125 Å². The molecule has 0 saturated heterocycles. The Hall–Kier alpha value is -0.290. The molecular weight excluding hydrogens is 461 g/mol. The van der Waals surface area contributed by atoms with Crippen molar-refractivity contribution in [3.8, 4) is 0 Å². The Morgan fingerprint density at radius 2 is 1.31 bits per heavy atom. The smallest absolute Gasteiger partial charge is 0.391 e. The average Bonchev–Trinajstić information content (AvgIpc) is 3.68. The van der Waals surface area contributed by atoms with Gasteiger partial charge in [0.15, 0.2) is 0 Å². The van der Waals surface area contributed by atoms with Crippen molar-refractivity contribution in [3.63, 3.8) is 0 Å². The molecule has 5 heteroatoms. The topological polar surface area (TPSA) is 40.5 Å². The third-order valence-electron chi connectivity index (χ3n) is 10.5. The van der Waals surface area contributed by atoms with Crippen LogP contribution in [-0.2, 0) is 0 Å². The number of fused-ring (bicyclic) bond motifs is 5. The third-order valence-corrected chi connectivity index (χ3v) is 10.5. The predicted molar refractivity (Wildman–Crippen MR) is 146 cm³/mol. The summed E-state index contributed by atoms with van der Waals surface area (Å²) < 4.78 is 39.8. The molecule has 2 N–H and O–H groups in total. The van der Waals surface area contributed by atoms with E-state index in [1.54, 1.807) is 0 Å². The van der Waals surface area contributed by atoms with Gasteiger partial charge < -0.3 is 10.2 Å². The minimum atomic E-state index is -3.97. The number of hydrogen-bond acceptors (Lipinski definition) is 2. The molecule has 5 aliphatic rings. The first-order chi connectivity index (χ1) is 17.4. The van der Waals surface area contributed by atoms with Crippen LogP contribution >= 0.6 is 0 Å². The van der Waals surface area contributed by atoms with Crippen LogP contribution in [0.3, 0.4) is 0 Å². The van der Waals surface area contributed by atoms with E-state index >= 15 is 0 Å². The zero-order valence-electron chi connectivity index (χ0n) is 24.5. The summed E-state index contributed by atoms with van der Waals surface area (Å²) in [4.78, 5) is 0. The van der Waals surface area contributed by atoms with Crippen LogP contribution in [0.15, 0.2) is 0 Å². The summed E-state index contributed by atoms with van der Waals surface area (Å²) in [6.45, 7) is 10.6. The zero-order valence-corrected chi connectivity index (χ0v) is 24.5. The number of aliphatic hydroxyl groups excluding tert-OH is 2. The second kappa shape index (κ2) is 16.0. The maximum atomic E-state index is 13.3. The summed E-state index contributed by atoms with van der Waals surface area (Å²) in [7, 11) is 2.00. The van der Waals surface area contributed by atoms with Crippen LogP contribution in [0.4, 0.5) is 13.2 Å². The van der Waals surface area contributed by atoms with E-state index in [2.05, 4.69) is 6.92 Å². The minimum absolute atomic E-state index is 0.363.